The number of carboxylic acids is 1. The lowest BCUT2D eigenvalue weighted by molar-refractivity contribution is 0.0692. The van der Waals surface area contributed by atoms with Gasteiger partial charge in [0.15, 0.2) is 5.78 Å². The molecule has 0 atom stereocenters. The largest absolute Gasteiger partial charge is 0.478 e. The van der Waals surface area contributed by atoms with Gasteiger partial charge in [-0.1, -0.05) is 12.1 Å². The maximum absolute atomic E-state index is 12.2. The van der Waals surface area contributed by atoms with Crippen molar-refractivity contribution in [3.05, 3.63) is 65.2 Å². The summed E-state index contributed by atoms with van der Waals surface area (Å²) in [7, 11) is 0. The molecule has 0 spiro atoms. The molecular formula is C16H14N2O4. The molecule has 2 aromatic carbocycles. The van der Waals surface area contributed by atoms with Crippen molar-refractivity contribution in [1.82, 2.24) is 0 Å². The number of carbonyl (C=O) groups is 3. The Balaban J connectivity index is 2.19. The van der Waals surface area contributed by atoms with Crippen molar-refractivity contribution < 1.29 is 19.5 Å². The van der Waals surface area contributed by atoms with Gasteiger partial charge in [-0.3, -0.25) is 9.59 Å². The van der Waals surface area contributed by atoms with Crippen molar-refractivity contribution in [2.45, 2.75) is 0 Å². The van der Waals surface area contributed by atoms with Gasteiger partial charge in [-0.05, 0) is 36.4 Å². The molecule has 4 N–H and O–H groups in total. The summed E-state index contributed by atoms with van der Waals surface area (Å²) in [5, 5.41) is 11.7. The predicted octanol–water partition coefficient (Wildman–Crippen LogP) is 1.78. The van der Waals surface area contributed by atoms with E-state index in [1.54, 1.807) is 36.4 Å². The second-order valence-corrected chi connectivity index (χ2v) is 4.51. The van der Waals surface area contributed by atoms with Crippen LogP contribution in [-0.2, 0) is 0 Å². The Bertz CT molecular complexity index is 723. The number of carbonyl (C=O) groups excluding carboxylic acids is 2. The molecule has 0 unspecified atom stereocenters. The molecule has 0 saturated heterocycles. The van der Waals surface area contributed by atoms with Crippen molar-refractivity contribution in [1.29, 1.82) is 0 Å². The number of anilines is 1. The van der Waals surface area contributed by atoms with Crippen LogP contribution < -0.4 is 11.1 Å². The summed E-state index contributed by atoms with van der Waals surface area (Å²) in [6.45, 7) is -0.0856. The number of aromatic carboxylic acids is 1. The lowest BCUT2D eigenvalue weighted by Crippen LogP contribution is -2.17. The summed E-state index contributed by atoms with van der Waals surface area (Å²) in [6, 6.07) is 12.2. The maximum atomic E-state index is 12.2. The number of amides is 1. The number of nitrogens with two attached hydrogens (primary N) is 1. The van der Waals surface area contributed by atoms with Crippen LogP contribution in [0.2, 0.25) is 0 Å². The highest BCUT2D eigenvalue weighted by Crippen LogP contribution is 2.14. The zero-order chi connectivity index (χ0) is 16.1. The summed E-state index contributed by atoms with van der Waals surface area (Å²) >= 11 is 0. The van der Waals surface area contributed by atoms with Gasteiger partial charge in [0, 0.05) is 11.3 Å². The first-order chi connectivity index (χ1) is 10.5. The number of rotatable bonds is 5. The molecule has 0 aromatic heterocycles. The van der Waals surface area contributed by atoms with E-state index in [1.807, 2.05) is 0 Å². The van der Waals surface area contributed by atoms with E-state index in [0.717, 1.165) is 0 Å². The molecule has 1 amide bonds. The summed E-state index contributed by atoms with van der Waals surface area (Å²) in [5.74, 6) is -1.90. The minimum absolute atomic E-state index is 0.0668. The van der Waals surface area contributed by atoms with Crippen molar-refractivity contribution in [3.8, 4) is 0 Å². The molecule has 0 heterocycles. The lowest BCUT2D eigenvalue weighted by atomic mass is 10.1. The summed E-state index contributed by atoms with van der Waals surface area (Å²) in [5.41, 5.74) is 6.17. The molecular weight excluding hydrogens is 284 g/mol. The van der Waals surface area contributed by atoms with Crippen LogP contribution in [0.25, 0.3) is 0 Å². The molecule has 2 rings (SSSR count). The van der Waals surface area contributed by atoms with Gasteiger partial charge >= 0.3 is 5.97 Å². The minimum atomic E-state index is -1.17. The van der Waals surface area contributed by atoms with Crippen LogP contribution in [0.4, 0.5) is 5.69 Å². The molecule has 6 heteroatoms. The lowest BCUT2D eigenvalue weighted by Gasteiger charge is -2.08. The van der Waals surface area contributed by atoms with Gasteiger partial charge in [0.2, 0.25) is 0 Å². The van der Waals surface area contributed by atoms with Gasteiger partial charge in [0.05, 0.1) is 17.7 Å². The zero-order valence-corrected chi connectivity index (χ0v) is 11.6. The Kier molecular flexibility index (Phi) is 4.65. The highest BCUT2D eigenvalue weighted by Gasteiger charge is 2.15. The number of benzene rings is 2. The van der Waals surface area contributed by atoms with Crippen LogP contribution in [-0.4, -0.2) is 29.3 Å². The van der Waals surface area contributed by atoms with Gasteiger partial charge in [-0.2, -0.15) is 0 Å². The molecule has 0 saturated carbocycles. The smallest absolute Gasteiger partial charge is 0.336 e. The number of carboxylic acid groups (broad SMARTS) is 1. The van der Waals surface area contributed by atoms with Crippen LogP contribution >= 0.6 is 0 Å². The topological polar surface area (TPSA) is 109 Å². The highest BCUT2D eigenvalue weighted by molar-refractivity contribution is 6.10. The molecule has 0 aliphatic heterocycles. The van der Waals surface area contributed by atoms with E-state index >= 15 is 0 Å². The molecule has 0 bridgehead atoms. The molecule has 0 radical (unpaired) electrons. The predicted molar refractivity (Wildman–Crippen MR) is 81.2 cm³/mol. The van der Waals surface area contributed by atoms with Gasteiger partial charge in [0.1, 0.15) is 0 Å². The third-order valence-corrected chi connectivity index (χ3v) is 3.05. The van der Waals surface area contributed by atoms with Crippen molar-refractivity contribution in [2.75, 3.05) is 11.9 Å². The number of Topliss-reactive ketones (excluding diaryl/α,β-unsaturated/α-hetero) is 1. The van der Waals surface area contributed by atoms with Crippen molar-refractivity contribution in [3.63, 3.8) is 0 Å². The van der Waals surface area contributed by atoms with Crippen LogP contribution in [0.15, 0.2) is 48.5 Å². The highest BCUT2D eigenvalue weighted by atomic mass is 16.4. The quantitative estimate of drug-likeness (QED) is 0.729. The molecule has 0 aliphatic carbocycles. The van der Waals surface area contributed by atoms with E-state index in [9.17, 15) is 14.4 Å². The average molecular weight is 298 g/mol. The van der Waals surface area contributed by atoms with Crippen LogP contribution in [0.1, 0.15) is 31.1 Å². The van der Waals surface area contributed by atoms with E-state index in [0.29, 0.717) is 11.3 Å². The summed E-state index contributed by atoms with van der Waals surface area (Å²) < 4.78 is 0. The van der Waals surface area contributed by atoms with Crippen LogP contribution in [0.5, 0.6) is 0 Å². The first kappa shape index (κ1) is 15.4. The Morgan fingerprint density at radius 2 is 1.55 bits per heavy atom. The number of hydrogen-bond donors (Lipinski definition) is 3. The number of ketones is 1. The molecule has 0 fully saturated rings. The fourth-order valence-electron chi connectivity index (χ4n) is 1.92. The average Bonchev–Trinajstić information content (AvgIpc) is 2.54. The normalized spacial score (nSPS) is 10.0. The Labute approximate surface area is 126 Å². The van der Waals surface area contributed by atoms with Crippen LogP contribution in [0, 0.1) is 0 Å². The summed E-state index contributed by atoms with van der Waals surface area (Å²) in [4.78, 5) is 34.7. The molecule has 22 heavy (non-hydrogen) atoms. The standard InChI is InChI=1S/C16H14N2O4/c17-9-14(19)10-5-7-11(8-6-10)18-15(20)12-3-1-2-4-13(12)16(21)22/h1-8H,9,17H2,(H,18,20)(H,21,22). The Morgan fingerprint density at radius 1 is 0.955 bits per heavy atom. The zero-order valence-electron chi connectivity index (χ0n) is 11.6. The molecule has 0 aliphatic rings. The maximum Gasteiger partial charge on any atom is 0.336 e. The van der Waals surface area contributed by atoms with Crippen molar-refractivity contribution in [2.24, 2.45) is 5.73 Å². The van der Waals surface area contributed by atoms with Gasteiger partial charge in [-0.25, -0.2) is 4.79 Å². The number of hydrogen-bond acceptors (Lipinski definition) is 4. The third kappa shape index (κ3) is 3.36. The van der Waals surface area contributed by atoms with E-state index < -0.39 is 11.9 Å². The van der Waals surface area contributed by atoms with E-state index in [2.05, 4.69) is 5.32 Å². The SMILES string of the molecule is NCC(=O)c1ccc(NC(=O)c2ccccc2C(=O)O)cc1. The Hall–Kier alpha value is -2.99. The molecule has 6 nitrogen and oxygen atoms in total. The van der Waals surface area contributed by atoms with Gasteiger partial charge < -0.3 is 16.2 Å². The molecule has 2 aromatic rings. The van der Waals surface area contributed by atoms with E-state index in [-0.39, 0.29) is 23.5 Å². The summed E-state index contributed by atoms with van der Waals surface area (Å²) in [6.07, 6.45) is 0. The van der Waals surface area contributed by atoms with Gasteiger partial charge in [0.25, 0.3) is 5.91 Å². The Morgan fingerprint density at radius 3 is 2.09 bits per heavy atom. The van der Waals surface area contributed by atoms with Crippen LogP contribution in [0.3, 0.4) is 0 Å². The number of nitrogens with one attached hydrogen (secondary N) is 1. The second-order valence-electron chi connectivity index (χ2n) is 4.51. The second kappa shape index (κ2) is 6.64. The minimum Gasteiger partial charge on any atom is -0.478 e. The first-order valence-corrected chi connectivity index (χ1v) is 6.50. The fourth-order valence-corrected chi connectivity index (χ4v) is 1.92. The third-order valence-electron chi connectivity index (χ3n) is 3.05. The molecule has 112 valence electrons. The first-order valence-electron chi connectivity index (χ1n) is 6.50. The monoisotopic (exact) mass is 298 g/mol. The fraction of sp³-hybridized carbons (Fsp3) is 0.0625. The van der Waals surface area contributed by atoms with E-state index in [1.165, 1.54) is 12.1 Å². The van der Waals surface area contributed by atoms with Crippen molar-refractivity contribution >= 4 is 23.3 Å². The van der Waals surface area contributed by atoms with Gasteiger partial charge in [-0.15, -0.1) is 0 Å². The van der Waals surface area contributed by atoms with E-state index in [4.69, 9.17) is 10.8 Å².